The lowest BCUT2D eigenvalue weighted by molar-refractivity contribution is 0.672. The molecular formula is C56H37N3OS. The van der Waals surface area contributed by atoms with Gasteiger partial charge >= 0.3 is 0 Å². The number of hydrogen-bond donors (Lipinski definition) is 0. The molecule has 4 aromatic heterocycles. The highest BCUT2D eigenvalue weighted by Gasteiger charge is 2.26. The van der Waals surface area contributed by atoms with Gasteiger partial charge in [-0.25, -0.2) is 9.97 Å². The number of aromatic nitrogens is 3. The summed E-state index contributed by atoms with van der Waals surface area (Å²) in [6.07, 6.45) is 7.35. The molecule has 1 aliphatic carbocycles. The molecule has 0 saturated carbocycles. The van der Waals surface area contributed by atoms with Crippen molar-refractivity contribution in [1.29, 1.82) is 0 Å². The first kappa shape index (κ1) is 34.5. The van der Waals surface area contributed by atoms with Crippen molar-refractivity contribution in [3.8, 4) is 39.6 Å². The zero-order valence-electron chi connectivity index (χ0n) is 33.4. The maximum absolute atomic E-state index is 7.06. The monoisotopic (exact) mass is 799 g/mol. The molecule has 0 aliphatic heterocycles. The van der Waals surface area contributed by atoms with Crippen molar-refractivity contribution in [3.63, 3.8) is 0 Å². The van der Waals surface area contributed by atoms with Gasteiger partial charge in [0.1, 0.15) is 11.2 Å². The van der Waals surface area contributed by atoms with Gasteiger partial charge in [-0.2, -0.15) is 0 Å². The molecule has 1 aliphatic rings. The Labute approximate surface area is 355 Å². The standard InChI is InChI=1S/C56H37N3OS/c1-2-39-53(34-15-4-3-5-16-34)57-56(58-54(39)37-25-26-43-42-21-11-13-23-50(42)61-51(43)32-37)38-30-48(52-44-27-24-33-14-8-9-19-40(33)55(44)60-49(52)31-38)59-46-22-12-10-20-41(46)45-28-35-17-6-7-18-36(35)29-47(45)59/h3-11,13-21,23-32H,2,12,22H2,1H3. The normalized spacial score (nSPS) is 12.9. The highest BCUT2D eigenvalue weighted by molar-refractivity contribution is 7.25. The van der Waals surface area contributed by atoms with Crippen molar-refractivity contribution >= 4 is 92.0 Å². The van der Waals surface area contributed by atoms with E-state index in [2.05, 4.69) is 181 Å². The van der Waals surface area contributed by atoms with Crippen LogP contribution in [0.3, 0.4) is 0 Å². The molecular weight excluding hydrogens is 763 g/mol. The van der Waals surface area contributed by atoms with Crippen molar-refractivity contribution < 1.29 is 4.42 Å². The number of benzene rings is 8. The van der Waals surface area contributed by atoms with Gasteiger partial charge in [-0.15, -0.1) is 11.3 Å². The van der Waals surface area contributed by atoms with E-state index < -0.39 is 0 Å². The summed E-state index contributed by atoms with van der Waals surface area (Å²) >= 11 is 1.84. The van der Waals surface area contributed by atoms with E-state index >= 15 is 0 Å². The Balaban J connectivity index is 1.14. The minimum Gasteiger partial charge on any atom is -0.455 e. The molecule has 13 rings (SSSR count). The number of furan rings is 1. The first-order valence-electron chi connectivity index (χ1n) is 21.2. The number of rotatable bonds is 5. The van der Waals surface area contributed by atoms with Crippen molar-refractivity contribution in [2.75, 3.05) is 0 Å². The fourth-order valence-electron chi connectivity index (χ4n) is 9.99. The molecule has 4 heterocycles. The summed E-state index contributed by atoms with van der Waals surface area (Å²) in [6, 6.07) is 57.1. The van der Waals surface area contributed by atoms with Crippen LogP contribution in [0.25, 0.3) is 120 Å². The van der Waals surface area contributed by atoms with Gasteiger partial charge in [-0.05, 0) is 77.9 Å². The maximum atomic E-state index is 7.06. The molecule has 0 spiro atoms. The van der Waals surface area contributed by atoms with Gasteiger partial charge in [0.15, 0.2) is 5.82 Å². The van der Waals surface area contributed by atoms with Crippen molar-refractivity contribution in [3.05, 3.63) is 181 Å². The van der Waals surface area contributed by atoms with Gasteiger partial charge in [-0.1, -0.05) is 134 Å². The predicted molar refractivity (Wildman–Crippen MR) is 257 cm³/mol. The second-order valence-corrected chi connectivity index (χ2v) is 17.3. The summed E-state index contributed by atoms with van der Waals surface area (Å²) in [4.78, 5) is 11.1. The Bertz CT molecular complexity index is 3810. The number of nitrogens with zero attached hydrogens (tertiary/aromatic N) is 3. The summed E-state index contributed by atoms with van der Waals surface area (Å²) < 4.78 is 12.1. The topological polar surface area (TPSA) is 43.9 Å². The SMILES string of the molecule is CCc1c(-c2ccccc2)nc(-c2cc(-n3c4c(c5cc6ccccc6cc53)C=CCC4)c3c(c2)oc2c4ccccc4ccc23)nc1-c1ccc2c(c1)sc1ccccc12. The highest BCUT2D eigenvalue weighted by atomic mass is 32.1. The van der Waals surface area contributed by atoms with E-state index in [1.807, 2.05) is 11.3 Å². The molecule has 0 unspecified atom stereocenters. The number of allylic oxidation sites excluding steroid dienone is 1. The Morgan fingerprint density at radius 1 is 0.590 bits per heavy atom. The summed E-state index contributed by atoms with van der Waals surface area (Å²) in [5.41, 5.74) is 12.7. The molecule has 0 amide bonds. The molecule has 0 fully saturated rings. The van der Waals surface area contributed by atoms with Crippen molar-refractivity contribution in [2.24, 2.45) is 0 Å². The summed E-state index contributed by atoms with van der Waals surface area (Å²) in [5.74, 6) is 0.673. The minimum atomic E-state index is 0.673. The molecule has 288 valence electrons. The first-order chi connectivity index (χ1) is 30.2. The minimum absolute atomic E-state index is 0.673. The quantitative estimate of drug-likeness (QED) is 0.174. The van der Waals surface area contributed by atoms with Crippen LogP contribution in [-0.4, -0.2) is 14.5 Å². The van der Waals surface area contributed by atoms with E-state index in [-0.39, 0.29) is 0 Å². The fraction of sp³-hybridized carbons (Fsp3) is 0.0714. The van der Waals surface area contributed by atoms with Crippen LogP contribution in [0.15, 0.2) is 168 Å². The van der Waals surface area contributed by atoms with Crippen LogP contribution >= 0.6 is 11.3 Å². The molecule has 5 heteroatoms. The van der Waals surface area contributed by atoms with Crippen LogP contribution in [0.5, 0.6) is 0 Å². The predicted octanol–water partition coefficient (Wildman–Crippen LogP) is 15.5. The van der Waals surface area contributed by atoms with Crippen LogP contribution in [0.1, 0.15) is 30.2 Å². The smallest absolute Gasteiger partial charge is 0.160 e. The molecule has 12 aromatic rings. The number of fused-ring (bicyclic) bond motifs is 12. The largest absolute Gasteiger partial charge is 0.455 e. The summed E-state index contributed by atoms with van der Waals surface area (Å²) in [6.45, 7) is 2.22. The molecule has 0 radical (unpaired) electrons. The number of thiophene rings is 1. The van der Waals surface area contributed by atoms with E-state index in [1.165, 1.54) is 53.1 Å². The van der Waals surface area contributed by atoms with Gasteiger partial charge in [0.2, 0.25) is 0 Å². The van der Waals surface area contributed by atoms with Gasteiger partial charge in [0, 0.05) is 69.8 Å². The van der Waals surface area contributed by atoms with E-state index in [9.17, 15) is 0 Å². The van der Waals surface area contributed by atoms with Crippen molar-refractivity contribution in [1.82, 2.24) is 14.5 Å². The van der Waals surface area contributed by atoms with E-state index in [0.717, 1.165) is 91.3 Å². The lowest BCUT2D eigenvalue weighted by Crippen LogP contribution is -2.05. The van der Waals surface area contributed by atoms with Crippen molar-refractivity contribution in [2.45, 2.75) is 26.2 Å². The van der Waals surface area contributed by atoms with Crippen LogP contribution in [0, 0.1) is 0 Å². The lowest BCUT2D eigenvalue weighted by atomic mass is 9.97. The average Bonchev–Trinajstić information content (AvgIpc) is 3.99. The van der Waals surface area contributed by atoms with Gasteiger partial charge < -0.3 is 8.98 Å². The zero-order valence-corrected chi connectivity index (χ0v) is 34.3. The third-order valence-corrected chi connectivity index (χ3v) is 13.9. The van der Waals surface area contributed by atoms with E-state index in [1.54, 1.807) is 0 Å². The molecule has 8 aromatic carbocycles. The van der Waals surface area contributed by atoms with Crippen LogP contribution in [-0.2, 0) is 12.8 Å². The van der Waals surface area contributed by atoms with Gasteiger partial charge in [0.25, 0.3) is 0 Å². The van der Waals surface area contributed by atoms with Crippen LogP contribution in [0.2, 0.25) is 0 Å². The van der Waals surface area contributed by atoms with Gasteiger partial charge in [-0.3, -0.25) is 0 Å². The van der Waals surface area contributed by atoms with Crippen LogP contribution in [0.4, 0.5) is 0 Å². The molecule has 61 heavy (non-hydrogen) atoms. The Hall–Kier alpha value is -7.34. The Morgan fingerprint density at radius 3 is 2.16 bits per heavy atom. The Kier molecular flexibility index (Phi) is 7.55. The van der Waals surface area contributed by atoms with E-state index in [4.69, 9.17) is 14.4 Å². The second kappa shape index (κ2) is 13.3. The third kappa shape index (κ3) is 5.24. The Morgan fingerprint density at radius 2 is 1.31 bits per heavy atom. The molecule has 0 N–H and O–H groups in total. The third-order valence-electron chi connectivity index (χ3n) is 12.8. The molecule has 0 bridgehead atoms. The molecule has 4 nitrogen and oxygen atoms in total. The lowest BCUT2D eigenvalue weighted by Gasteiger charge is -2.18. The number of hydrogen-bond acceptors (Lipinski definition) is 4. The summed E-state index contributed by atoms with van der Waals surface area (Å²) in [5, 5.41) is 10.7. The summed E-state index contributed by atoms with van der Waals surface area (Å²) in [7, 11) is 0. The molecule has 0 saturated heterocycles. The fourth-order valence-corrected chi connectivity index (χ4v) is 11.1. The maximum Gasteiger partial charge on any atom is 0.160 e. The average molecular weight is 800 g/mol. The molecule has 0 atom stereocenters. The first-order valence-corrected chi connectivity index (χ1v) is 22.0. The zero-order chi connectivity index (χ0) is 40.2. The second-order valence-electron chi connectivity index (χ2n) is 16.2. The van der Waals surface area contributed by atoms with Crippen LogP contribution < -0.4 is 0 Å². The van der Waals surface area contributed by atoms with Gasteiger partial charge in [0.05, 0.1) is 28.0 Å². The van der Waals surface area contributed by atoms with E-state index in [0.29, 0.717) is 5.82 Å². The highest BCUT2D eigenvalue weighted by Crippen LogP contribution is 2.45.